The van der Waals surface area contributed by atoms with Gasteiger partial charge in [-0.25, -0.2) is 4.79 Å². The molecule has 3 aliphatic heterocycles. The van der Waals surface area contributed by atoms with Gasteiger partial charge in [0.15, 0.2) is 0 Å². The summed E-state index contributed by atoms with van der Waals surface area (Å²) in [6, 6.07) is -0.305. The highest BCUT2D eigenvalue weighted by Crippen LogP contribution is 2.22. The number of likely N-dealkylation sites (tertiary alicyclic amines) is 1. The first-order valence-corrected chi connectivity index (χ1v) is 7.77. The number of nitrogens with zero attached hydrogens (tertiary/aromatic N) is 3. The van der Waals surface area contributed by atoms with Gasteiger partial charge in [-0.1, -0.05) is 0 Å². The van der Waals surface area contributed by atoms with E-state index in [4.69, 9.17) is 9.47 Å². The van der Waals surface area contributed by atoms with Crippen LogP contribution in [-0.2, 0) is 14.3 Å². The Hall–Kier alpha value is -1.34. The van der Waals surface area contributed by atoms with Crippen LogP contribution >= 0.6 is 0 Å². The van der Waals surface area contributed by atoms with Crippen LogP contribution in [0.15, 0.2) is 0 Å². The number of morpholine rings is 2. The third kappa shape index (κ3) is 3.13. The first-order chi connectivity index (χ1) is 10.3. The van der Waals surface area contributed by atoms with E-state index >= 15 is 0 Å². The van der Waals surface area contributed by atoms with Gasteiger partial charge in [-0.2, -0.15) is 0 Å². The third-order valence-electron chi connectivity index (χ3n) is 4.39. The molecule has 0 unspecified atom stereocenters. The highest BCUT2D eigenvalue weighted by Gasteiger charge is 2.38. The van der Waals surface area contributed by atoms with E-state index in [-0.39, 0.29) is 18.0 Å². The summed E-state index contributed by atoms with van der Waals surface area (Å²) in [7, 11) is 0. The molecule has 3 fully saturated rings. The average Bonchev–Trinajstić information content (AvgIpc) is 3.04. The van der Waals surface area contributed by atoms with Gasteiger partial charge < -0.3 is 24.2 Å². The molecule has 1 atom stereocenters. The molecule has 3 saturated heterocycles. The molecule has 7 nitrogen and oxygen atoms in total. The zero-order valence-electron chi connectivity index (χ0n) is 12.3. The minimum absolute atomic E-state index is 0.0117. The molecule has 21 heavy (non-hydrogen) atoms. The Bertz CT molecular complexity index is 356. The maximum absolute atomic E-state index is 12.6. The van der Waals surface area contributed by atoms with Crippen LogP contribution < -0.4 is 0 Å². The quantitative estimate of drug-likeness (QED) is 0.670. The maximum Gasteiger partial charge on any atom is 0.320 e. The number of carbonyl (C=O) groups is 2. The number of ether oxygens (including phenoxy) is 2. The summed E-state index contributed by atoms with van der Waals surface area (Å²) in [5, 5.41) is 0. The molecule has 0 aromatic rings. The number of carbonyl (C=O) groups excluding carboxylic acids is 2. The molecule has 3 amide bonds. The molecule has 118 valence electrons. The van der Waals surface area contributed by atoms with Gasteiger partial charge in [0.05, 0.1) is 26.4 Å². The fraction of sp³-hybridized carbons (Fsp3) is 0.857. The van der Waals surface area contributed by atoms with Crippen molar-refractivity contribution in [3.05, 3.63) is 0 Å². The van der Waals surface area contributed by atoms with Crippen LogP contribution in [-0.4, -0.2) is 91.8 Å². The van der Waals surface area contributed by atoms with Gasteiger partial charge in [-0.3, -0.25) is 4.79 Å². The first kappa shape index (κ1) is 14.6. The average molecular weight is 297 g/mol. The molecule has 0 N–H and O–H groups in total. The van der Waals surface area contributed by atoms with Crippen LogP contribution in [0, 0.1) is 0 Å². The Balaban J connectivity index is 1.63. The van der Waals surface area contributed by atoms with Crippen LogP contribution in [0.3, 0.4) is 0 Å². The number of urea groups is 1. The van der Waals surface area contributed by atoms with Crippen LogP contribution in [0.1, 0.15) is 12.8 Å². The van der Waals surface area contributed by atoms with E-state index in [0.717, 1.165) is 12.8 Å². The van der Waals surface area contributed by atoms with E-state index in [1.54, 1.807) is 9.80 Å². The molecule has 0 aliphatic carbocycles. The summed E-state index contributed by atoms with van der Waals surface area (Å²) in [5.74, 6) is 0.0809. The Morgan fingerprint density at radius 2 is 1.38 bits per heavy atom. The van der Waals surface area contributed by atoms with Crippen LogP contribution in [0.25, 0.3) is 0 Å². The number of hydrogen-bond acceptors (Lipinski definition) is 4. The Labute approximate surface area is 124 Å². The summed E-state index contributed by atoms with van der Waals surface area (Å²) in [4.78, 5) is 30.6. The van der Waals surface area contributed by atoms with Gasteiger partial charge >= 0.3 is 6.03 Å². The fourth-order valence-electron chi connectivity index (χ4n) is 3.18. The van der Waals surface area contributed by atoms with Crippen molar-refractivity contribution in [3.8, 4) is 0 Å². The molecular formula is C14H23N3O4. The standard InChI is InChI=1S/C14H23N3O4/c18-13(15-4-8-20-9-5-15)12-2-1-3-17(12)14(19)16-6-10-21-11-7-16/h12H,1-11H2/t12-/m0/s1. The fourth-order valence-corrected chi connectivity index (χ4v) is 3.18. The monoisotopic (exact) mass is 297 g/mol. The van der Waals surface area contributed by atoms with Crippen molar-refractivity contribution >= 4 is 11.9 Å². The van der Waals surface area contributed by atoms with Gasteiger partial charge in [0.2, 0.25) is 5.91 Å². The highest BCUT2D eigenvalue weighted by atomic mass is 16.5. The number of amides is 3. The molecule has 0 bridgehead atoms. The molecular weight excluding hydrogens is 274 g/mol. The van der Waals surface area contributed by atoms with Crippen LogP contribution in [0.4, 0.5) is 4.79 Å². The topological polar surface area (TPSA) is 62.3 Å². The first-order valence-electron chi connectivity index (χ1n) is 7.77. The minimum atomic E-state index is -0.293. The SMILES string of the molecule is O=C([C@@H]1CCCN1C(=O)N1CCOCC1)N1CCOCC1. The van der Waals surface area contributed by atoms with Crippen molar-refractivity contribution in [1.29, 1.82) is 0 Å². The molecule has 7 heteroatoms. The van der Waals surface area contributed by atoms with Gasteiger partial charge in [0.1, 0.15) is 6.04 Å². The van der Waals surface area contributed by atoms with E-state index in [1.807, 2.05) is 4.90 Å². The molecule has 0 spiro atoms. The van der Waals surface area contributed by atoms with Crippen molar-refractivity contribution in [2.75, 3.05) is 59.2 Å². The lowest BCUT2D eigenvalue weighted by molar-refractivity contribution is -0.139. The summed E-state index contributed by atoms with van der Waals surface area (Å²) < 4.78 is 10.6. The molecule has 0 aromatic carbocycles. The van der Waals surface area contributed by atoms with Crippen molar-refractivity contribution in [2.24, 2.45) is 0 Å². The second-order valence-electron chi connectivity index (χ2n) is 5.67. The second kappa shape index (κ2) is 6.62. The van der Waals surface area contributed by atoms with Crippen molar-refractivity contribution in [2.45, 2.75) is 18.9 Å². The zero-order chi connectivity index (χ0) is 14.7. The molecule has 0 radical (unpaired) electrons. The van der Waals surface area contributed by atoms with Crippen molar-refractivity contribution in [1.82, 2.24) is 14.7 Å². The van der Waals surface area contributed by atoms with E-state index in [2.05, 4.69) is 0 Å². The summed E-state index contributed by atoms with van der Waals surface area (Å²) in [5.41, 5.74) is 0. The third-order valence-corrected chi connectivity index (χ3v) is 4.39. The maximum atomic E-state index is 12.6. The lowest BCUT2D eigenvalue weighted by Crippen LogP contribution is -2.55. The lowest BCUT2D eigenvalue weighted by Gasteiger charge is -2.36. The van der Waals surface area contributed by atoms with E-state index in [0.29, 0.717) is 59.2 Å². The molecule has 3 aliphatic rings. The smallest absolute Gasteiger partial charge is 0.320 e. The number of rotatable bonds is 1. The predicted octanol–water partition coefficient (Wildman–Crippen LogP) is -0.238. The lowest BCUT2D eigenvalue weighted by atomic mass is 10.2. The van der Waals surface area contributed by atoms with Crippen LogP contribution in [0.2, 0.25) is 0 Å². The van der Waals surface area contributed by atoms with Crippen molar-refractivity contribution < 1.29 is 19.1 Å². The number of hydrogen-bond donors (Lipinski definition) is 0. The Kier molecular flexibility index (Phi) is 4.60. The minimum Gasteiger partial charge on any atom is -0.378 e. The van der Waals surface area contributed by atoms with E-state index < -0.39 is 0 Å². The Morgan fingerprint density at radius 3 is 2.00 bits per heavy atom. The molecule has 3 heterocycles. The normalized spacial score (nSPS) is 27.0. The summed E-state index contributed by atoms with van der Waals surface area (Å²) >= 11 is 0. The highest BCUT2D eigenvalue weighted by molar-refractivity contribution is 5.87. The van der Waals surface area contributed by atoms with Gasteiger partial charge in [0.25, 0.3) is 0 Å². The predicted molar refractivity (Wildman–Crippen MR) is 74.9 cm³/mol. The summed E-state index contributed by atoms with van der Waals surface area (Å²) in [6.45, 7) is 5.54. The van der Waals surface area contributed by atoms with E-state index in [1.165, 1.54) is 0 Å². The summed E-state index contributed by atoms with van der Waals surface area (Å²) in [6.07, 6.45) is 1.67. The Morgan fingerprint density at radius 1 is 0.810 bits per heavy atom. The zero-order valence-corrected chi connectivity index (χ0v) is 12.3. The molecule has 3 rings (SSSR count). The molecule has 0 saturated carbocycles. The van der Waals surface area contributed by atoms with Gasteiger partial charge in [-0.05, 0) is 12.8 Å². The largest absolute Gasteiger partial charge is 0.378 e. The second-order valence-corrected chi connectivity index (χ2v) is 5.67. The van der Waals surface area contributed by atoms with Gasteiger partial charge in [-0.15, -0.1) is 0 Å². The van der Waals surface area contributed by atoms with Crippen LogP contribution in [0.5, 0.6) is 0 Å². The van der Waals surface area contributed by atoms with Crippen molar-refractivity contribution in [3.63, 3.8) is 0 Å². The molecule has 0 aromatic heterocycles. The van der Waals surface area contributed by atoms with Gasteiger partial charge in [0, 0.05) is 32.7 Å². The van der Waals surface area contributed by atoms with E-state index in [9.17, 15) is 9.59 Å².